The topological polar surface area (TPSA) is 0 Å². The van der Waals surface area contributed by atoms with E-state index in [1.807, 2.05) is 24.3 Å². The highest BCUT2D eigenvalue weighted by Crippen LogP contribution is 2.22. The Morgan fingerprint density at radius 2 is 1.70 bits per heavy atom. The lowest BCUT2D eigenvalue weighted by Gasteiger charge is -2.15. The van der Waals surface area contributed by atoms with Crippen molar-refractivity contribution in [3.05, 3.63) is 69.5 Å². The maximum absolute atomic E-state index is 13.8. The first-order valence-electron chi connectivity index (χ1n) is 6.33. The van der Waals surface area contributed by atoms with Crippen molar-refractivity contribution in [2.75, 3.05) is 5.88 Å². The zero-order valence-electron chi connectivity index (χ0n) is 10.8. The van der Waals surface area contributed by atoms with Gasteiger partial charge >= 0.3 is 0 Å². The van der Waals surface area contributed by atoms with Gasteiger partial charge in [0.15, 0.2) is 0 Å². The average Bonchev–Trinajstić information content (AvgIpc) is 2.41. The van der Waals surface area contributed by atoms with Gasteiger partial charge in [-0.3, -0.25) is 0 Å². The molecule has 0 saturated heterocycles. The number of hydrogen-bond donors (Lipinski definition) is 0. The van der Waals surface area contributed by atoms with Crippen LogP contribution in [0.15, 0.2) is 42.5 Å². The van der Waals surface area contributed by atoms with Crippen molar-refractivity contribution in [2.24, 2.45) is 5.92 Å². The molecule has 1 atom stereocenters. The van der Waals surface area contributed by atoms with Crippen molar-refractivity contribution in [3.63, 3.8) is 0 Å². The molecule has 0 aliphatic carbocycles. The fourth-order valence-corrected chi connectivity index (χ4v) is 2.77. The van der Waals surface area contributed by atoms with E-state index in [1.54, 1.807) is 12.1 Å². The lowest BCUT2D eigenvalue weighted by Crippen LogP contribution is -2.11. The van der Waals surface area contributed by atoms with Gasteiger partial charge in [0.25, 0.3) is 0 Å². The van der Waals surface area contributed by atoms with E-state index >= 15 is 0 Å². The van der Waals surface area contributed by atoms with Gasteiger partial charge in [-0.1, -0.05) is 41.4 Å². The minimum Gasteiger partial charge on any atom is -0.207 e. The highest BCUT2D eigenvalue weighted by atomic mass is 35.5. The Bertz CT molecular complexity index is 584. The first-order chi connectivity index (χ1) is 9.58. The van der Waals surface area contributed by atoms with Crippen molar-refractivity contribution < 1.29 is 4.39 Å². The van der Waals surface area contributed by atoms with Crippen molar-refractivity contribution in [2.45, 2.75) is 12.8 Å². The molecule has 1 unspecified atom stereocenters. The van der Waals surface area contributed by atoms with Crippen LogP contribution in [0.4, 0.5) is 4.39 Å². The SMILES string of the molecule is Fc1cc(Cl)ccc1CC(CCl)Cc1cccc(Cl)c1. The van der Waals surface area contributed by atoms with Crippen LogP contribution >= 0.6 is 34.8 Å². The van der Waals surface area contributed by atoms with Gasteiger partial charge in [0, 0.05) is 15.9 Å². The summed E-state index contributed by atoms with van der Waals surface area (Å²) < 4.78 is 13.8. The summed E-state index contributed by atoms with van der Waals surface area (Å²) in [7, 11) is 0. The molecule has 2 aromatic rings. The summed E-state index contributed by atoms with van der Waals surface area (Å²) in [6.07, 6.45) is 1.35. The highest BCUT2D eigenvalue weighted by Gasteiger charge is 2.13. The quantitative estimate of drug-likeness (QED) is 0.610. The Morgan fingerprint density at radius 3 is 2.35 bits per heavy atom. The van der Waals surface area contributed by atoms with Crippen LogP contribution in [0.3, 0.4) is 0 Å². The first-order valence-corrected chi connectivity index (χ1v) is 7.62. The van der Waals surface area contributed by atoms with E-state index in [0.717, 1.165) is 12.0 Å². The van der Waals surface area contributed by atoms with Gasteiger partial charge in [0.1, 0.15) is 5.82 Å². The lowest BCUT2D eigenvalue weighted by atomic mass is 9.94. The molecule has 0 aromatic heterocycles. The van der Waals surface area contributed by atoms with Crippen LogP contribution in [0.1, 0.15) is 11.1 Å². The molecule has 0 amide bonds. The summed E-state index contributed by atoms with van der Waals surface area (Å²) in [6.45, 7) is 0. The summed E-state index contributed by atoms with van der Waals surface area (Å²) in [5.41, 5.74) is 1.75. The Kier molecular flexibility index (Phi) is 5.71. The van der Waals surface area contributed by atoms with Crippen molar-refractivity contribution >= 4 is 34.8 Å². The van der Waals surface area contributed by atoms with Crippen LogP contribution < -0.4 is 0 Å². The van der Waals surface area contributed by atoms with Crippen molar-refractivity contribution in [1.29, 1.82) is 0 Å². The van der Waals surface area contributed by atoms with Crippen molar-refractivity contribution in [1.82, 2.24) is 0 Å². The zero-order chi connectivity index (χ0) is 14.5. The fraction of sp³-hybridized carbons (Fsp3) is 0.250. The summed E-state index contributed by atoms with van der Waals surface area (Å²) in [5, 5.41) is 1.11. The zero-order valence-corrected chi connectivity index (χ0v) is 13.0. The molecular formula is C16H14Cl3F. The van der Waals surface area contributed by atoms with Crippen molar-refractivity contribution in [3.8, 4) is 0 Å². The molecule has 2 rings (SSSR count). The van der Waals surface area contributed by atoms with Gasteiger partial charge in [-0.2, -0.15) is 0 Å². The van der Waals surface area contributed by atoms with Gasteiger partial charge in [0.05, 0.1) is 0 Å². The van der Waals surface area contributed by atoms with Crippen LogP contribution in [0.2, 0.25) is 10.0 Å². The van der Waals surface area contributed by atoms with Crippen LogP contribution in [-0.4, -0.2) is 5.88 Å². The van der Waals surface area contributed by atoms with E-state index in [9.17, 15) is 4.39 Å². The van der Waals surface area contributed by atoms with Gasteiger partial charge in [0.2, 0.25) is 0 Å². The second-order valence-corrected chi connectivity index (χ2v) is 5.98. The van der Waals surface area contributed by atoms with E-state index in [4.69, 9.17) is 34.8 Å². The summed E-state index contributed by atoms with van der Waals surface area (Å²) in [5.74, 6) is 0.346. The molecule has 0 heterocycles. The highest BCUT2D eigenvalue weighted by molar-refractivity contribution is 6.30. The Hall–Kier alpha value is -0.760. The summed E-state index contributed by atoms with van der Waals surface area (Å²) in [4.78, 5) is 0. The van der Waals surface area contributed by atoms with E-state index in [0.29, 0.717) is 27.9 Å². The third-order valence-corrected chi connectivity index (χ3v) is 4.06. The molecule has 2 aromatic carbocycles. The molecule has 0 radical (unpaired) electrons. The Balaban J connectivity index is 2.09. The maximum atomic E-state index is 13.8. The standard InChI is InChI=1S/C16H14Cl3F/c17-10-12(6-11-2-1-3-14(18)8-11)7-13-4-5-15(19)9-16(13)20/h1-5,8-9,12H,6-7,10H2. The van der Waals surface area contributed by atoms with Crippen LogP contribution in [0.5, 0.6) is 0 Å². The number of alkyl halides is 1. The molecule has 0 nitrogen and oxygen atoms in total. The minimum atomic E-state index is -0.279. The van der Waals surface area contributed by atoms with E-state index < -0.39 is 0 Å². The van der Waals surface area contributed by atoms with E-state index in [-0.39, 0.29) is 11.7 Å². The molecule has 0 spiro atoms. The van der Waals surface area contributed by atoms with Crippen LogP contribution in [0, 0.1) is 11.7 Å². The van der Waals surface area contributed by atoms with Crippen LogP contribution in [-0.2, 0) is 12.8 Å². The largest absolute Gasteiger partial charge is 0.207 e. The predicted molar refractivity (Wildman–Crippen MR) is 84.5 cm³/mol. The molecule has 4 heteroatoms. The third-order valence-electron chi connectivity index (χ3n) is 3.16. The molecule has 0 aliphatic heterocycles. The molecular weight excluding hydrogens is 318 g/mol. The minimum absolute atomic E-state index is 0.158. The van der Waals surface area contributed by atoms with Crippen LogP contribution in [0.25, 0.3) is 0 Å². The maximum Gasteiger partial charge on any atom is 0.127 e. The predicted octanol–water partition coefficient (Wildman–Crippen LogP) is 5.77. The number of hydrogen-bond acceptors (Lipinski definition) is 0. The average molecular weight is 332 g/mol. The number of benzene rings is 2. The normalized spacial score (nSPS) is 12.4. The molecule has 20 heavy (non-hydrogen) atoms. The fourth-order valence-electron chi connectivity index (χ4n) is 2.18. The molecule has 106 valence electrons. The summed E-state index contributed by atoms with van der Waals surface area (Å²) >= 11 is 17.7. The molecule has 0 N–H and O–H groups in total. The molecule has 0 saturated carbocycles. The molecule has 0 aliphatic rings. The first kappa shape index (κ1) is 15.6. The van der Waals surface area contributed by atoms with Gasteiger partial charge < -0.3 is 0 Å². The molecule has 0 fully saturated rings. The third kappa shape index (κ3) is 4.37. The van der Waals surface area contributed by atoms with E-state index in [2.05, 4.69) is 0 Å². The smallest absolute Gasteiger partial charge is 0.127 e. The van der Waals surface area contributed by atoms with E-state index in [1.165, 1.54) is 6.07 Å². The monoisotopic (exact) mass is 330 g/mol. The summed E-state index contributed by atoms with van der Waals surface area (Å²) in [6, 6.07) is 12.4. The number of halogens is 4. The second kappa shape index (κ2) is 7.31. The lowest BCUT2D eigenvalue weighted by molar-refractivity contribution is 0.546. The molecule has 0 bridgehead atoms. The van der Waals surface area contributed by atoms with Gasteiger partial charge in [-0.25, -0.2) is 4.39 Å². The van der Waals surface area contributed by atoms with Gasteiger partial charge in [-0.05, 0) is 54.2 Å². The Labute approximate surface area is 133 Å². The van der Waals surface area contributed by atoms with Gasteiger partial charge in [-0.15, -0.1) is 11.6 Å². The second-order valence-electron chi connectivity index (χ2n) is 4.79. The number of rotatable bonds is 5. The Morgan fingerprint density at radius 1 is 0.950 bits per heavy atom.